The van der Waals surface area contributed by atoms with Crippen LogP contribution in [0.1, 0.15) is 43.7 Å². The van der Waals surface area contributed by atoms with Crippen molar-refractivity contribution in [2.75, 3.05) is 36.5 Å². The number of anilines is 2. The molecule has 0 radical (unpaired) electrons. The summed E-state index contributed by atoms with van der Waals surface area (Å²) in [4.78, 5) is 29.2. The summed E-state index contributed by atoms with van der Waals surface area (Å²) in [6.45, 7) is 6.99. The first kappa shape index (κ1) is 24.0. The Labute approximate surface area is 201 Å². The first-order valence-corrected chi connectivity index (χ1v) is 11.8. The molecule has 8 nitrogen and oxygen atoms in total. The van der Waals surface area contributed by atoms with Crippen molar-refractivity contribution in [1.82, 2.24) is 5.32 Å². The van der Waals surface area contributed by atoms with Gasteiger partial charge in [-0.3, -0.25) is 9.69 Å². The van der Waals surface area contributed by atoms with Gasteiger partial charge >= 0.3 is 6.09 Å². The Hall–Kier alpha value is -3.10. The van der Waals surface area contributed by atoms with Crippen molar-refractivity contribution < 1.29 is 19.1 Å². The first-order chi connectivity index (χ1) is 16.3. The highest BCUT2D eigenvalue weighted by Crippen LogP contribution is 2.39. The van der Waals surface area contributed by atoms with Crippen LogP contribution in [-0.2, 0) is 4.79 Å². The van der Waals surface area contributed by atoms with Gasteiger partial charge in [0.15, 0.2) is 11.5 Å². The molecule has 34 heavy (non-hydrogen) atoms. The van der Waals surface area contributed by atoms with Crippen LogP contribution in [0.3, 0.4) is 0 Å². The number of carbonyl (C=O) groups is 2. The number of aryl methyl sites for hydroxylation is 1. The molecule has 1 saturated carbocycles. The van der Waals surface area contributed by atoms with Crippen LogP contribution in [0.15, 0.2) is 36.4 Å². The fraction of sp³-hybridized carbons (Fsp3) is 0.462. The van der Waals surface area contributed by atoms with E-state index in [1.165, 1.54) is 12.8 Å². The smallest absolute Gasteiger partial charge is 0.420 e. The average molecular weight is 467 g/mol. The molecule has 2 aromatic carbocycles. The van der Waals surface area contributed by atoms with Gasteiger partial charge in [0.2, 0.25) is 5.91 Å². The van der Waals surface area contributed by atoms with Crippen molar-refractivity contribution in [3.8, 4) is 11.5 Å². The van der Waals surface area contributed by atoms with E-state index in [-0.39, 0.29) is 17.9 Å². The number of benzene rings is 2. The molecule has 1 aliphatic carbocycles. The Morgan fingerprint density at radius 1 is 1.15 bits per heavy atom. The molecule has 1 fully saturated rings. The van der Waals surface area contributed by atoms with Crippen LogP contribution < -0.4 is 30.3 Å². The molecule has 1 heterocycles. The van der Waals surface area contributed by atoms with Crippen LogP contribution in [0, 0.1) is 6.92 Å². The fourth-order valence-electron chi connectivity index (χ4n) is 4.49. The maximum Gasteiger partial charge on any atom is 0.420 e. The molecule has 0 aromatic heterocycles. The zero-order chi connectivity index (χ0) is 24.4. The summed E-state index contributed by atoms with van der Waals surface area (Å²) in [5, 5.41) is 3.54. The minimum absolute atomic E-state index is 0.0690. The van der Waals surface area contributed by atoms with Crippen LogP contribution in [0.4, 0.5) is 16.2 Å². The van der Waals surface area contributed by atoms with Gasteiger partial charge in [-0.15, -0.1) is 0 Å². The molecule has 8 heteroatoms. The van der Waals surface area contributed by atoms with Gasteiger partial charge < -0.3 is 25.4 Å². The van der Waals surface area contributed by atoms with Gasteiger partial charge in [0, 0.05) is 38.5 Å². The highest BCUT2D eigenvalue weighted by atomic mass is 16.6. The quantitative estimate of drug-likeness (QED) is 0.648. The van der Waals surface area contributed by atoms with Crippen LogP contribution in [0.2, 0.25) is 0 Å². The molecule has 2 aromatic rings. The van der Waals surface area contributed by atoms with Gasteiger partial charge in [0.25, 0.3) is 0 Å². The van der Waals surface area contributed by atoms with Crippen molar-refractivity contribution in [2.45, 2.75) is 51.6 Å². The van der Waals surface area contributed by atoms with Crippen molar-refractivity contribution in [3.05, 3.63) is 47.5 Å². The largest absolute Gasteiger partial charge is 0.493 e. The lowest BCUT2D eigenvalue weighted by atomic mass is 9.96. The number of rotatable bonds is 7. The summed E-state index contributed by atoms with van der Waals surface area (Å²) >= 11 is 0. The lowest BCUT2D eigenvalue weighted by Gasteiger charge is -2.40. The lowest BCUT2D eigenvalue weighted by Crippen LogP contribution is -2.52. The lowest BCUT2D eigenvalue weighted by molar-refractivity contribution is -0.117. The molecule has 4 rings (SSSR count). The Balaban J connectivity index is 1.67. The molecule has 0 spiro atoms. The summed E-state index contributed by atoms with van der Waals surface area (Å²) in [5.74, 6) is 0.879. The van der Waals surface area contributed by atoms with E-state index in [2.05, 4.69) is 5.32 Å². The van der Waals surface area contributed by atoms with E-state index in [1.807, 2.05) is 44.2 Å². The van der Waals surface area contributed by atoms with Crippen molar-refractivity contribution in [3.63, 3.8) is 0 Å². The first-order valence-electron chi connectivity index (χ1n) is 11.8. The van der Waals surface area contributed by atoms with Gasteiger partial charge in [-0.1, -0.05) is 12.1 Å². The zero-order valence-electron chi connectivity index (χ0n) is 20.3. The van der Waals surface area contributed by atoms with Gasteiger partial charge in [-0.05, 0) is 62.1 Å². The normalized spacial score (nSPS) is 18.3. The molecule has 0 saturated heterocycles. The molecule has 2 amide bonds. The molecular formula is C26H34N4O4. The number of amides is 2. The van der Waals surface area contributed by atoms with E-state index in [0.29, 0.717) is 42.0 Å². The monoisotopic (exact) mass is 466 g/mol. The van der Waals surface area contributed by atoms with Gasteiger partial charge in [0.1, 0.15) is 0 Å². The van der Waals surface area contributed by atoms with Gasteiger partial charge in [-0.25, -0.2) is 4.79 Å². The minimum atomic E-state index is -0.518. The molecular weight excluding hydrogens is 432 g/mol. The number of ether oxygens (including phenoxy) is 2. The standard InChI is InChI=1S/C26H34N4O4/c1-16-5-10-24(25(11-16)33-4)34-26(32)29-15-17(2)30(18(3)31)22-9-6-19(12-23(22)29)20(13-27)14-28-21-7-8-21/h5-6,9-12,17,20-21,28H,7-8,13-15,27H2,1-4H3/t17-,20?/m0/s1. The molecule has 1 aliphatic heterocycles. The van der Waals surface area contributed by atoms with Crippen LogP contribution in [0.5, 0.6) is 11.5 Å². The van der Waals surface area contributed by atoms with E-state index >= 15 is 0 Å². The van der Waals surface area contributed by atoms with Crippen molar-refractivity contribution in [2.24, 2.45) is 5.73 Å². The number of hydrogen-bond acceptors (Lipinski definition) is 6. The van der Waals surface area contributed by atoms with Crippen molar-refractivity contribution >= 4 is 23.4 Å². The average Bonchev–Trinajstić information content (AvgIpc) is 3.64. The number of nitrogens with one attached hydrogen (secondary N) is 1. The predicted octanol–water partition coefficient (Wildman–Crippen LogP) is 3.56. The highest BCUT2D eigenvalue weighted by molar-refractivity contribution is 6.02. The molecule has 3 N–H and O–H groups in total. The summed E-state index contributed by atoms with van der Waals surface area (Å²) in [6.07, 6.45) is 1.89. The second kappa shape index (κ2) is 10.0. The van der Waals surface area contributed by atoms with Crippen LogP contribution >= 0.6 is 0 Å². The Bertz CT molecular complexity index is 1070. The van der Waals surface area contributed by atoms with E-state index in [4.69, 9.17) is 15.2 Å². The summed E-state index contributed by atoms with van der Waals surface area (Å²) in [6, 6.07) is 11.7. The minimum Gasteiger partial charge on any atom is -0.493 e. The Morgan fingerprint density at radius 3 is 2.56 bits per heavy atom. The number of nitrogens with zero attached hydrogens (tertiary/aromatic N) is 2. The number of methoxy groups -OCH3 is 1. The summed E-state index contributed by atoms with van der Waals surface area (Å²) in [5.41, 5.74) is 9.46. The van der Waals surface area contributed by atoms with E-state index in [0.717, 1.165) is 17.7 Å². The molecule has 1 unspecified atom stereocenters. The van der Waals surface area contributed by atoms with E-state index < -0.39 is 6.09 Å². The third kappa shape index (κ3) is 5.03. The zero-order valence-corrected chi connectivity index (χ0v) is 20.3. The van der Waals surface area contributed by atoms with Gasteiger partial charge in [0.05, 0.1) is 24.5 Å². The predicted molar refractivity (Wildman–Crippen MR) is 133 cm³/mol. The molecule has 182 valence electrons. The summed E-state index contributed by atoms with van der Waals surface area (Å²) in [7, 11) is 1.55. The molecule has 2 aliphatic rings. The van der Waals surface area contributed by atoms with Crippen LogP contribution in [0.25, 0.3) is 0 Å². The SMILES string of the molecule is COc1cc(C)ccc1OC(=O)N1C[C@H](C)N(C(C)=O)c2ccc(C(CN)CNC3CC3)cc21. The Kier molecular flexibility index (Phi) is 7.09. The number of hydrogen-bond donors (Lipinski definition) is 2. The van der Waals surface area contributed by atoms with Gasteiger partial charge in [-0.2, -0.15) is 0 Å². The third-order valence-corrected chi connectivity index (χ3v) is 6.50. The van der Waals surface area contributed by atoms with Crippen LogP contribution in [-0.4, -0.2) is 50.8 Å². The molecule has 0 bridgehead atoms. The topological polar surface area (TPSA) is 97.1 Å². The van der Waals surface area contributed by atoms with E-state index in [1.54, 1.807) is 29.9 Å². The number of fused-ring (bicyclic) bond motifs is 1. The molecule has 2 atom stereocenters. The van der Waals surface area contributed by atoms with E-state index in [9.17, 15) is 9.59 Å². The second-order valence-corrected chi connectivity index (χ2v) is 9.23. The van der Waals surface area contributed by atoms with Crippen molar-refractivity contribution in [1.29, 1.82) is 0 Å². The maximum atomic E-state index is 13.4. The number of nitrogens with two attached hydrogens (primary N) is 1. The third-order valence-electron chi connectivity index (χ3n) is 6.50. The summed E-state index contributed by atoms with van der Waals surface area (Å²) < 4.78 is 11.2. The second-order valence-electron chi connectivity index (χ2n) is 9.23. The number of carbonyl (C=O) groups excluding carboxylic acids is 2. The Morgan fingerprint density at radius 2 is 1.91 bits per heavy atom. The maximum absolute atomic E-state index is 13.4. The highest BCUT2D eigenvalue weighted by Gasteiger charge is 2.35. The fourth-order valence-corrected chi connectivity index (χ4v) is 4.49.